The minimum absolute atomic E-state index is 0.00117. The maximum atomic E-state index is 13.0. The van der Waals surface area contributed by atoms with Crippen LogP contribution in [0, 0.1) is 5.41 Å². The number of nitrogens with zero attached hydrogens (tertiary/aromatic N) is 3. The maximum absolute atomic E-state index is 13.0. The summed E-state index contributed by atoms with van der Waals surface area (Å²) < 4.78 is 2.03. The van der Waals surface area contributed by atoms with E-state index < -0.39 is 5.41 Å². The van der Waals surface area contributed by atoms with Crippen LogP contribution >= 0.6 is 0 Å². The van der Waals surface area contributed by atoms with Crippen LogP contribution in [-0.4, -0.2) is 45.3 Å². The Balaban J connectivity index is 2.91. The molecule has 1 heterocycles. The van der Waals surface area contributed by atoms with Crippen molar-refractivity contribution in [3.63, 3.8) is 0 Å². The molecule has 0 saturated carbocycles. The highest BCUT2D eigenvalue weighted by atomic mass is 16.2. The molecule has 0 unspecified atom stereocenters. The SMILES string of the molecule is CCCCN(Cc1cccn1C)C(=O)CN(C(=O)C(C)(C)C)C(C)C. The average Bonchev–Trinajstić information content (AvgIpc) is 2.91. The first kappa shape index (κ1) is 21.3. The van der Waals surface area contributed by atoms with Gasteiger partial charge in [0.1, 0.15) is 6.54 Å². The molecule has 0 aliphatic rings. The second-order valence-electron chi connectivity index (χ2n) is 8.06. The van der Waals surface area contributed by atoms with E-state index >= 15 is 0 Å². The van der Waals surface area contributed by atoms with Gasteiger partial charge in [0.25, 0.3) is 0 Å². The summed E-state index contributed by atoms with van der Waals surface area (Å²) in [5.41, 5.74) is 0.611. The number of hydrogen-bond acceptors (Lipinski definition) is 2. The Morgan fingerprint density at radius 1 is 1.24 bits per heavy atom. The number of hydrogen-bond donors (Lipinski definition) is 0. The molecular formula is C20H35N3O2. The van der Waals surface area contributed by atoms with Gasteiger partial charge in [-0.3, -0.25) is 9.59 Å². The summed E-state index contributed by atoms with van der Waals surface area (Å²) in [5.74, 6) is 0.0334. The smallest absolute Gasteiger partial charge is 0.242 e. The summed E-state index contributed by atoms with van der Waals surface area (Å²) in [4.78, 5) is 29.2. The molecule has 0 N–H and O–H groups in total. The van der Waals surface area contributed by atoms with E-state index in [1.165, 1.54) is 0 Å². The second kappa shape index (κ2) is 9.07. The van der Waals surface area contributed by atoms with Crippen molar-refractivity contribution in [3.8, 4) is 0 Å². The molecule has 0 aliphatic heterocycles. The van der Waals surface area contributed by atoms with E-state index in [0.29, 0.717) is 6.54 Å². The maximum Gasteiger partial charge on any atom is 0.242 e. The zero-order valence-corrected chi connectivity index (χ0v) is 17.0. The summed E-state index contributed by atoms with van der Waals surface area (Å²) in [6.07, 6.45) is 3.98. The molecule has 142 valence electrons. The molecule has 0 bridgehead atoms. The van der Waals surface area contributed by atoms with Crippen LogP contribution in [-0.2, 0) is 23.2 Å². The minimum Gasteiger partial charge on any atom is -0.353 e. The molecule has 1 aromatic rings. The first-order valence-electron chi connectivity index (χ1n) is 9.27. The van der Waals surface area contributed by atoms with E-state index in [9.17, 15) is 9.59 Å². The lowest BCUT2D eigenvalue weighted by Gasteiger charge is -2.34. The number of aromatic nitrogens is 1. The monoisotopic (exact) mass is 349 g/mol. The van der Waals surface area contributed by atoms with Gasteiger partial charge >= 0.3 is 0 Å². The van der Waals surface area contributed by atoms with Gasteiger partial charge in [0.2, 0.25) is 11.8 Å². The van der Waals surface area contributed by atoms with Gasteiger partial charge in [0.15, 0.2) is 0 Å². The number of rotatable bonds is 8. The minimum atomic E-state index is -0.489. The molecule has 5 nitrogen and oxygen atoms in total. The normalized spacial score (nSPS) is 11.7. The Kier molecular flexibility index (Phi) is 7.71. The van der Waals surface area contributed by atoms with Crippen LogP contribution in [0.3, 0.4) is 0 Å². The van der Waals surface area contributed by atoms with Crippen molar-refractivity contribution in [2.45, 2.75) is 67.0 Å². The van der Waals surface area contributed by atoms with Crippen LogP contribution in [0.1, 0.15) is 60.1 Å². The van der Waals surface area contributed by atoms with Crippen molar-refractivity contribution in [1.82, 2.24) is 14.4 Å². The molecule has 0 fully saturated rings. The Labute approximate surface area is 153 Å². The molecule has 1 aromatic heterocycles. The molecule has 5 heteroatoms. The van der Waals surface area contributed by atoms with Crippen LogP contribution in [0.4, 0.5) is 0 Å². The van der Waals surface area contributed by atoms with Crippen LogP contribution in [0.15, 0.2) is 18.3 Å². The lowest BCUT2D eigenvalue weighted by atomic mass is 9.94. The Morgan fingerprint density at radius 2 is 1.88 bits per heavy atom. The topological polar surface area (TPSA) is 45.6 Å². The van der Waals surface area contributed by atoms with E-state index in [2.05, 4.69) is 6.92 Å². The molecule has 0 aromatic carbocycles. The van der Waals surface area contributed by atoms with Gasteiger partial charge in [-0.2, -0.15) is 0 Å². The second-order valence-corrected chi connectivity index (χ2v) is 8.06. The molecule has 0 aliphatic carbocycles. The van der Waals surface area contributed by atoms with Gasteiger partial charge < -0.3 is 14.4 Å². The molecule has 25 heavy (non-hydrogen) atoms. The zero-order valence-electron chi connectivity index (χ0n) is 17.0. The van der Waals surface area contributed by atoms with E-state index in [-0.39, 0.29) is 24.4 Å². The van der Waals surface area contributed by atoms with E-state index in [1.54, 1.807) is 4.90 Å². The summed E-state index contributed by atoms with van der Waals surface area (Å²) in [5, 5.41) is 0. The summed E-state index contributed by atoms with van der Waals surface area (Å²) in [6.45, 7) is 13.2. The summed E-state index contributed by atoms with van der Waals surface area (Å²) in [7, 11) is 1.99. The van der Waals surface area contributed by atoms with E-state index in [4.69, 9.17) is 0 Å². The van der Waals surface area contributed by atoms with Crippen LogP contribution in [0.5, 0.6) is 0 Å². The van der Waals surface area contributed by atoms with Crippen molar-refractivity contribution in [3.05, 3.63) is 24.0 Å². The fraction of sp³-hybridized carbons (Fsp3) is 0.700. The number of carbonyl (C=O) groups excluding carboxylic acids is 2. The highest BCUT2D eigenvalue weighted by Gasteiger charge is 2.31. The Bertz CT molecular complexity index is 570. The van der Waals surface area contributed by atoms with Gasteiger partial charge in [-0.05, 0) is 32.4 Å². The van der Waals surface area contributed by atoms with Gasteiger partial charge in [-0.15, -0.1) is 0 Å². The lowest BCUT2D eigenvalue weighted by Crippen LogP contribution is -2.49. The van der Waals surface area contributed by atoms with Crippen LogP contribution < -0.4 is 0 Å². The lowest BCUT2D eigenvalue weighted by molar-refractivity contribution is -0.147. The third-order valence-corrected chi connectivity index (χ3v) is 4.37. The van der Waals surface area contributed by atoms with Gasteiger partial charge in [-0.25, -0.2) is 0 Å². The fourth-order valence-corrected chi connectivity index (χ4v) is 2.66. The highest BCUT2D eigenvalue weighted by molar-refractivity contribution is 5.87. The predicted octanol–water partition coefficient (Wildman–Crippen LogP) is 3.44. The van der Waals surface area contributed by atoms with Gasteiger partial charge in [0.05, 0.1) is 6.54 Å². The first-order chi connectivity index (χ1) is 11.6. The number of unbranched alkanes of at least 4 members (excludes halogenated alkanes) is 1. The molecule has 2 amide bonds. The van der Waals surface area contributed by atoms with Gasteiger partial charge in [-0.1, -0.05) is 34.1 Å². The molecule has 1 rings (SSSR count). The largest absolute Gasteiger partial charge is 0.353 e. The van der Waals surface area contributed by atoms with Crippen molar-refractivity contribution >= 4 is 11.8 Å². The number of amides is 2. The van der Waals surface area contributed by atoms with Crippen molar-refractivity contribution in [2.75, 3.05) is 13.1 Å². The Morgan fingerprint density at radius 3 is 2.32 bits per heavy atom. The number of aryl methyl sites for hydroxylation is 1. The van der Waals surface area contributed by atoms with Crippen LogP contribution in [0.25, 0.3) is 0 Å². The van der Waals surface area contributed by atoms with Crippen molar-refractivity contribution in [1.29, 1.82) is 0 Å². The molecule has 0 saturated heterocycles. The fourth-order valence-electron chi connectivity index (χ4n) is 2.66. The summed E-state index contributed by atoms with van der Waals surface area (Å²) in [6, 6.07) is 4.02. The third-order valence-electron chi connectivity index (χ3n) is 4.37. The predicted molar refractivity (Wildman–Crippen MR) is 102 cm³/mol. The molecule has 0 spiro atoms. The third kappa shape index (κ3) is 6.22. The first-order valence-corrected chi connectivity index (χ1v) is 9.27. The van der Waals surface area contributed by atoms with Crippen LogP contribution in [0.2, 0.25) is 0 Å². The van der Waals surface area contributed by atoms with E-state index in [1.807, 2.05) is 69.5 Å². The Hall–Kier alpha value is -1.78. The van der Waals surface area contributed by atoms with Crippen molar-refractivity contribution in [2.24, 2.45) is 12.5 Å². The zero-order chi connectivity index (χ0) is 19.2. The average molecular weight is 350 g/mol. The quantitative estimate of drug-likeness (QED) is 0.722. The van der Waals surface area contributed by atoms with Crippen molar-refractivity contribution < 1.29 is 9.59 Å². The number of carbonyl (C=O) groups is 2. The standard InChI is InChI=1S/C20H35N3O2/c1-8-9-13-22(14-17-11-10-12-21(17)7)18(24)15-23(16(2)3)19(25)20(4,5)6/h10-12,16H,8-9,13-15H2,1-7H3. The highest BCUT2D eigenvalue weighted by Crippen LogP contribution is 2.19. The molecule has 0 atom stereocenters. The van der Waals surface area contributed by atoms with E-state index in [0.717, 1.165) is 25.1 Å². The molecular weight excluding hydrogens is 314 g/mol. The summed E-state index contributed by atoms with van der Waals surface area (Å²) >= 11 is 0. The van der Waals surface area contributed by atoms with Gasteiger partial charge in [0, 0.05) is 36.9 Å². The molecule has 0 radical (unpaired) electrons.